The van der Waals surface area contributed by atoms with Gasteiger partial charge in [-0.15, -0.1) is 0 Å². The number of hydrogen-bond donors (Lipinski definition) is 3. The van der Waals surface area contributed by atoms with Gasteiger partial charge in [0.05, 0.1) is 5.02 Å². The number of thiocarbonyl (C=S) groups is 1. The monoisotopic (exact) mass is 423 g/mol. The fourth-order valence-electron chi connectivity index (χ4n) is 1.83. The van der Waals surface area contributed by atoms with Gasteiger partial charge in [0.15, 0.2) is 11.7 Å². The van der Waals surface area contributed by atoms with Crippen molar-refractivity contribution in [2.75, 3.05) is 6.61 Å². The average molecular weight is 424 g/mol. The summed E-state index contributed by atoms with van der Waals surface area (Å²) in [6.45, 7) is -0.278. The maximum absolute atomic E-state index is 11.8. The molecule has 2 rings (SSSR count). The van der Waals surface area contributed by atoms with Crippen molar-refractivity contribution in [1.29, 1.82) is 0 Å². The second-order valence-corrected chi connectivity index (χ2v) is 6.29. The summed E-state index contributed by atoms with van der Waals surface area (Å²) in [7, 11) is 0. The Hall–Kier alpha value is -2.61. The highest BCUT2D eigenvalue weighted by Crippen LogP contribution is 2.22. The number of halogens is 2. The van der Waals surface area contributed by atoms with E-state index in [1.54, 1.807) is 54.6 Å². The molecular weight excluding hydrogens is 409 g/mol. The zero-order valence-corrected chi connectivity index (χ0v) is 16.2. The summed E-state index contributed by atoms with van der Waals surface area (Å²) < 4.78 is 5.27. The number of nitrogens with one attached hydrogen (secondary N) is 3. The molecule has 2 aromatic rings. The predicted molar refractivity (Wildman–Crippen MR) is 109 cm³/mol. The number of amides is 2. The van der Waals surface area contributed by atoms with Gasteiger partial charge in [-0.25, -0.2) is 0 Å². The molecule has 0 fully saturated rings. The van der Waals surface area contributed by atoms with Crippen LogP contribution in [0.1, 0.15) is 5.56 Å². The maximum Gasteiger partial charge on any atom is 0.276 e. The third-order valence-electron chi connectivity index (χ3n) is 3.07. The smallest absolute Gasteiger partial charge is 0.276 e. The van der Waals surface area contributed by atoms with E-state index in [1.807, 2.05) is 0 Å². The van der Waals surface area contributed by atoms with Gasteiger partial charge in [-0.1, -0.05) is 53.5 Å². The van der Waals surface area contributed by atoms with E-state index in [0.717, 1.165) is 0 Å². The van der Waals surface area contributed by atoms with Gasteiger partial charge < -0.3 is 4.74 Å². The van der Waals surface area contributed by atoms with Gasteiger partial charge in [0, 0.05) is 11.1 Å². The molecule has 0 saturated carbocycles. The van der Waals surface area contributed by atoms with E-state index in [1.165, 1.54) is 6.08 Å². The molecular formula is C18H15Cl2N3O3S. The number of ether oxygens (including phenoxy) is 1. The van der Waals surface area contributed by atoms with Gasteiger partial charge in [0.1, 0.15) is 5.75 Å². The Balaban J connectivity index is 1.72. The van der Waals surface area contributed by atoms with Crippen LogP contribution in [0.4, 0.5) is 0 Å². The fraction of sp³-hybridized carbons (Fsp3) is 0.0556. The number of hydrogen-bond acceptors (Lipinski definition) is 4. The van der Waals surface area contributed by atoms with Crippen molar-refractivity contribution in [3.8, 4) is 5.75 Å². The molecule has 140 valence electrons. The van der Waals surface area contributed by atoms with Crippen molar-refractivity contribution in [1.82, 2.24) is 16.2 Å². The van der Waals surface area contributed by atoms with Crippen LogP contribution in [0.15, 0.2) is 54.6 Å². The number of benzene rings is 2. The lowest BCUT2D eigenvalue weighted by molar-refractivity contribution is -0.123. The second-order valence-electron chi connectivity index (χ2n) is 5.07. The molecule has 0 atom stereocenters. The topological polar surface area (TPSA) is 79.5 Å². The van der Waals surface area contributed by atoms with Gasteiger partial charge in [-0.3, -0.25) is 25.8 Å². The minimum absolute atomic E-state index is 0.0742. The average Bonchev–Trinajstić information content (AvgIpc) is 2.65. The van der Waals surface area contributed by atoms with E-state index in [-0.39, 0.29) is 11.7 Å². The Labute approximate surface area is 171 Å². The molecule has 0 aromatic heterocycles. The van der Waals surface area contributed by atoms with Gasteiger partial charge in [-0.2, -0.15) is 0 Å². The highest BCUT2D eigenvalue weighted by molar-refractivity contribution is 7.80. The molecule has 0 aliphatic heterocycles. The Morgan fingerprint density at radius 3 is 2.37 bits per heavy atom. The van der Waals surface area contributed by atoms with Crippen LogP contribution in [0, 0.1) is 0 Å². The summed E-state index contributed by atoms with van der Waals surface area (Å²) in [5, 5.41) is 3.22. The lowest BCUT2D eigenvalue weighted by Crippen LogP contribution is -2.49. The van der Waals surface area contributed by atoms with E-state index < -0.39 is 11.8 Å². The second kappa shape index (κ2) is 10.5. The van der Waals surface area contributed by atoms with Crippen molar-refractivity contribution in [3.63, 3.8) is 0 Å². The molecule has 0 spiro atoms. The van der Waals surface area contributed by atoms with E-state index in [2.05, 4.69) is 16.2 Å². The summed E-state index contributed by atoms with van der Waals surface area (Å²) in [4.78, 5) is 23.5. The fourth-order valence-corrected chi connectivity index (χ4v) is 2.37. The third-order valence-corrected chi connectivity index (χ3v) is 3.93. The predicted octanol–water partition coefficient (Wildman–Crippen LogP) is 3.11. The molecule has 6 nitrogen and oxygen atoms in total. The largest absolute Gasteiger partial charge is 0.482 e. The van der Waals surface area contributed by atoms with E-state index in [9.17, 15) is 9.59 Å². The van der Waals surface area contributed by atoms with Crippen LogP contribution in [-0.4, -0.2) is 23.5 Å². The minimum Gasteiger partial charge on any atom is -0.482 e. The van der Waals surface area contributed by atoms with Crippen LogP contribution in [-0.2, 0) is 9.59 Å². The van der Waals surface area contributed by atoms with E-state index in [0.29, 0.717) is 21.4 Å². The molecule has 0 aliphatic rings. The molecule has 9 heteroatoms. The summed E-state index contributed by atoms with van der Waals surface area (Å²) in [6, 6.07) is 13.8. The lowest BCUT2D eigenvalue weighted by Gasteiger charge is -2.11. The molecule has 2 amide bonds. The van der Waals surface area contributed by atoms with Crippen molar-refractivity contribution in [2.45, 2.75) is 0 Å². The number of para-hydroxylation sites is 1. The highest BCUT2D eigenvalue weighted by atomic mass is 35.5. The number of carbonyl (C=O) groups is 2. The molecule has 0 heterocycles. The van der Waals surface area contributed by atoms with Crippen LogP contribution in [0.3, 0.4) is 0 Å². The van der Waals surface area contributed by atoms with Crippen molar-refractivity contribution in [3.05, 3.63) is 70.2 Å². The Kier molecular flexibility index (Phi) is 8.06. The van der Waals surface area contributed by atoms with Crippen LogP contribution in [0.2, 0.25) is 10.0 Å². The zero-order chi connectivity index (χ0) is 19.6. The Bertz CT molecular complexity index is 874. The van der Waals surface area contributed by atoms with Crippen LogP contribution in [0.5, 0.6) is 5.75 Å². The molecule has 0 saturated heterocycles. The van der Waals surface area contributed by atoms with Crippen LogP contribution >= 0.6 is 35.4 Å². The van der Waals surface area contributed by atoms with Gasteiger partial charge in [-0.05, 0) is 42.1 Å². The van der Waals surface area contributed by atoms with Gasteiger partial charge >= 0.3 is 0 Å². The van der Waals surface area contributed by atoms with Crippen molar-refractivity contribution >= 4 is 58.4 Å². The highest BCUT2D eigenvalue weighted by Gasteiger charge is 2.07. The lowest BCUT2D eigenvalue weighted by atomic mass is 10.2. The van der Waals surface area contributed by atoms with Crippen molar-refractivity contribution in [2.24, 2.45) is 0 Å². The van der Waals surface area contributed by atoms with Crippen LogP contribution in [0.25, 0.3) is 6.08 Å². The molecule has 0 unspecified atom stereocenters. The number of hydrazine groups is 1. The normalized spacial score (nSPS) is 10.3. The minimum atomic E-state index is -0.502. The summed E-state index contributed by atoms with van der Waals surface area (Å²) in [5.41, 5.74) is 5.40. The van der Waals surface area contributed by atoms with Crippen LogP contribution < -0.4 is 20.9 Å². The summed E-state index contributed by atoms with van der Waals surface area (Å²) >= 11 is 16.8. The maximum atomic E-state index is 11.8. The molecule has 27 heavy (non-hydrogen) atoms. The molecule has 0 aliphatic carbocycles. The Morgan fingerprint density at radius 1 is 1.00 bits per heavy atom. The first-order valence-electron chi connectivity index (χ1n) is 7.65. The summed E-state index contributed by atoms with van der Waals surface area (Å²) in [6.07, 6.45) is 2.83. The first-order valence-corrected chi connectivity index (χ1v) is 8.82. The quantitative estimate of drug-likeness (QED) is 0.391. The van der Waals surface area contributed by atoms with E-state index >= 15 is 0 Å². The first kappa shape index (κ1) is 20.7. The zero-order valence-electron chi connectivity index (χ0n) is 13.9. The number of carbonyl (C=O) groups excluding carboxylic acids is 2. The molecule has 0 radical (unpaired) electrons. The third kappa shape index (κ3) is 7.26. The first-order chi connectivity index (χ1) is 13.0. The standard InChI is InChI=1S/C18H15Cl2N3O3S/c19-13-6-2-1-5-12(13)9-10-16(24)21-18(27)23-22-17(25)11-26-15-8-4-3-7-14(15)20/h1-10H,11H2,(H,22,25)(H2,21,23,24,27). The van der Waals surface area contributed by atoms with Gasteiger partial charge in [0.2, 0.25) is 5.91 Å². The Morgan fingerprint density at radius 2 is 1.67 bits per heavy atom. The molecule has 0 bridgehead atoms. The van der Waals surface area contributed by atoms with Gasteiger partial charge in [0.25, 0.3) is 5.91 Å². The summed E-state index contributed by atoms with van der Waals surface area (Å²) in [5.74, 6) is -0.595. The van der Waals surface area contributed by atoms with Crippen molar-refractivity contribution < 1.29 is 14.3 Å². The molecule has 3 N–H and O–H groups in total. The molecule has 2 aromatic carbocycles. The SMILES string of the molecule is O=C(C=Cc1ccccc1Cl)NC(=S)NNC(=O)COc1ccccc1Cl. The number of rotatable bonds is 5. The van der Waals surface area contributed by atoms with E-state index in [4.69, 9.17) is 40.2 Å².